The zero-order valence-electron chi connectivity index (χ0n) is 17.7. The van der Waals surface area contributed by atoms with Crippen molar-refractivity contribution >= 4 is 11.7 Å². The van der Waals surface area contributed by atoms with Crippen LogP contribution in [0.15, 0.2) is 16.9 Å². The number of nitrogens with one attached hydrogen (secondary N) is 2. The lowest BCUT2D eigenvalue weighted by Crippen LogP contribution is -2.30. The number of rotatable bonds is 2. The number of aromatic amines is 1. The zero-order valence-corrected chi connectivity index (χ0v) is 17.7. The van der Waals surface area contributed by atoms with Crippen LogP contribution in [-0.2, 0) is 17.6 Å². The van der Waals surface area contributed by atoms with E-state index in [0.29, 0.717) is 0 Å². The fraction of sp³-hybridized carbons (Fsp3) is 0.478. The Hall–Kier alpha value is -2.76. The van der Waals surface area contributed by atoms with Crippen molar-refractivity contribution in [3.05, 3.63) is 44.7 Å². The first-order chi connectivity index (χ1) is 13.8. The molecular weight excluding hydrogens is 368 g/mol. The third-order valence-corrected chi connectivity index (χ3v) is 6.21. The second kappa shape index (κ2) is 6.94. The van der Waals surface area contributed by atoms with E-state index < -0.39 is 11.5 Å². The Morgan fingerprint density at radius 3 is 2.59 bits per heavy atom. The molecule has 1 atom stereocenters. The molecule has 4 rings (SSSR count). The number of esters is 1. The maximum absolute atomic E-state index is 12.7. The number of aromatic nitrogens is 1. The van der Waals surface area contributed by atoms with E-state index in [4.69, 9.17) is 9.47 Å². The molecule has 2 aromatic rings. The van der Waals surface area contributed by atoms with Crippen LogP contribution in [0.4, 0.5) is 5.69 Å². The number of benzene rings is 1. The average molecular weight is 396 g/mol. The number of anilines is 1. The van der Waals surface area contributed by atoms with Crippen molar-refractivity contribution in [2.45, 2.75) is 46.0 Å². The molecule has 1 unspecified atom stereocenters. The number of hydrogen-bond acceptors (Lipinski definition) is 5. The maximum Gasteiger partial charge on any atom is 0.343 e. The van der Waals surface area contributed by atoms with Gasteiger partial charge in [0.2, 0.25) is 0 Å². The molecule has 1 aliphatic heterocycles. The second-order valence-electron chi connectivity index (χ2n) is 8.95. The van der Waals surface area contributed by atoms with Crippen molar-refractivity contribution < 1.29 is 14.3 Å². The number of fused-ring (bicyclic) bond motifs is 5. The summed E-state index contributed by atoms with van der Waals surface area (Å²) in [6, 6.07) is 3.74. The van der Waals surface area contributed by atoms with Crippen LogP contribution in [0.2, 0.25) is 0 Å². The average Bonchev–Trinajstić information content (AvgIpc) is 2.70. The molecule has 0 saturated heterocycles. The number of carbonyl (C=O) groups excluding carboxylic acids is 1. The van der Waals surface area contributed by atoms with Gasteiger partial charge >= 0.3 is 5.97 Å². The van der Waals surface area contributed by atoms with Crippen LogP contribution in [0.5, 0.6) is 5.75 Å². The summed E-state index contributed by atoms with van der Waals surface area (Å²) in [6.07, 6.45) is 2.91. The second-order valence-corrected chi connectivity index (χ2v) is 8.95. The maximum atomic E-state index is 12.7. The molecule has 1 aliphatic carbocycles. The summed E-state index contributed by atoms with van der Waals surface area (Å²) >= 11 is 0. The Morgan fingerprint density at radius 2 is 1.93 bits per heavy atom. The molecule has 6 heteroatoms. The quantitative estimate of drug-likeness (QED) is 0.753. The molecule has 0 spiro atoms. The van der Waals surface area contributed by atoms with Crippen molar-refractivity contribution in [2.75, 3.05) is 26.1 Å². The van der Waals surface area contributed by atoms with Gasteiger partial charge in [0, 0.05) is 12.1 Å². The number of hydrogen-bond donors (Lipinski definition) is 2. The van der Waals surface area contributed by atoms with Crippen LogP contribution >= 0.6 is 0 Å². The topological polar surface area (TPSA) is 80.4 Å². The summed E-state index contributed by atoms with van der Waals surface area (Å²) in [4.78, 5) is 27.8. The van der Waals surface area contributed by atoms with Crippen molar-refractivity contribution in [1.82, 2.24) is 4.98 Å². The summed E-state index contributed by atoms with van der Waals surface area (Å²) in [5.74, 6) is 0.334. The van der Waals surface area contributed by atoms with Crippen LogP contribution in [0.1, 0.15) is 60.2 Å². The normalized spacial score (nSPS) is 17.5. The lowest BCUT2D eigenvalue weighted by molar-refractivity contribution is 0.0598. The first-order valence-corrected chi connectivity index (χ1v) is 10.1. The van der Waals surface area contributed by atoms with E-state index in [1.54, 1.807) is 13.2 Å². The highest BCUT2D eigenvalue weighted by atomic mass is 16.5. The smallest absolute Gasteiger partial charge is 0.343 e. The molecule has 1 aromatic heterocycles. The highest BCUT2D eigenvalue weighted by Gasteiger charge is 2.37. The van der Waals surface area contributed by atoms with E-state index in [9.17, 15) is 9.59 Å². The predicted molar refractivity (Wildman–Crippen MR) is 113 cm³/mol. The van der Waals surface area contributed by atoms with Crippen LogP contribution in [-0.4, -0.2) is 31.7 Å². The Labute approximate surface area is 170 Å². The third kappa shape index (κ3) is 3.11. The summed E-state index contributed by atoms with van der Waals surface area (Å²) in [5.41, 5.74) is 5.96. The van der Waals surface area contributed by atoms with E-state index in [2.05, 4.69) is 31.1 Å². The number of methoxy groups -OCH3 is 2. The van der Waals surface area contributed by atoms with Gasteiger partial charge in [-0.3, -0.25) is 4.79 Å². The Morgan fingerprint density at radius 1 is 1.17 bits per heavy atom. The van der Waals surface area contributed by atoms with Gasteiger partial charge in [-0.05, 0) is 59.4 Å². The molecule has 2 heterocycles. The van der Waals surface area contributed by atoms with Gasteiger partial charge in [-0.2, -0.15) is 0 Å². The fourth-order valence-electron chi connectivity index (χ4n) is 4.71. The monoisotopic (exact) mass is 396 g/mol. The van der Waals surface area contributed by atoms with E-state index in [0.717, 1.165) is 54.1 Å². The van der Waals surface area contributed by atoms with E-state index in [1.165, 1.54) is 18.2 Å². The first-order valence-electron chi connectivity index (χ1n) is 10.1. The van der Waals surface area contributed by atoms with E-state index in [1.807, 2.05) is 6.07 Å². The van der Waals surface area contributed by atoms with Gasteiger partial charge in [0.05, 0.1) is 25.6 Å². The fourth-order valence-corrected chi connectivity index (χ4v) is 4.71. The Kier molecular flexibility index (Phi) is 4.68. The molecule has 0 fully saturated rings. The summed E-state index contributed by atoms with van der Waals surface area (Å²) in [5, 5.41) is 3.49. The molecule has 1 aromatic carbocycles. The Balaban J connectivity index is 2.03. The van der Waals surface area contributed by atoms with Gasteiger partial charge in [0.15, 0.2) is 0 Å². The molecule has 2 aliphatic rings. The molecular formula is C23H28N2O4. The minimum Gasteiger partial charge on any atom is -0.495 e. The van der Waals surface area contributed by atoms with Crippen LogP contribution in [0, 0.1) is 5.41 Å². The molecule has 6 nitrogen and oxygen atoms in total. The molecule has 154 valence electrons. The summed E-state index contributed by atoms with van der Waals surface area (Å²) in [6.45, 7) is 7.53. The number of pyridine rings is 1. The third-order valence-electron chi connectivity index (χ3n) is 6.21. The predicted octanol–water partition coefficient (Wildman–Crippen LogP) is 3.88. The number of ether oxygens (including phenoxy) is 2. The van der Waals surface area contributed by atoms with E-state index in [-0.39, 0.29) is 16.9 Å². The molecule has 0 saturated carbocycles. The van der Waals surface area contributed by atoms with Gasteiger partial charge in [0.1, 0.15) is 11.3 Å². The molecule has 0 radical (unpaired) electrons. The minimum absolute atomic E-state index is 0.0486. The van der Waals surface area contributed by atoms with E-state index >= 15 is 0 Å². The minimum atomic E-state index is -0.611. The van der Waals surface area contributed by atoms with Crippen LogP contribution in [0.3, 0.4) is 0 Å². The summed E-state index contributed by atoms with van der Waals surface area (Å²) < 4.78 is 10.5. The molecule has 29 heavy (non-hydrogen) atoms. The number of H-pyrrole nitrogens is 1. The van der Waals surface area contributed by atoms with Crippen molar-refractivity contribution in [2.24, 2.45) is 5.41 Å². The highest BCUT2D eigenvalue weighted by molar-refractivity contribution is 5.90. The lowest BCUT2D eigenvalue weighted by atomic mass is 9.67. The van der Waals surface area contributed by atoms with Gasteiger partial charge in [-0.25, -0.2) is 4.79 Å². The Bertz CT molecular complexity index is 1050. The standard InChI is InChI=1S/C23H28N2O4/c1-23(2,3)17-10-13-12-7-6-8-24-20(12)18(28-4)11-14(13)19-15(17)9-16(21(26)25-19)22(27)29-5/h9,11,17,24H,6-8,10H2,1-5H3,(H,25,26). The van der Waals surface area contributed by atoms with Crippen molar-refractivity contribution in [3.8, 4) is 17.0 Å². The molecule has 0 amide bonds. The van der Waals surface area contributed by atoms with Crippen molar-refractivity contribution in [1.29, 1.82) is 0 Å². The van der Waals surface area contributed by atoms with Gasteiger partial charge in [-0.15, -0.1) is 0 Å². The SMILES string of the molecule is COC(=O)c1cc2c([nH]c1=O)-c1cc(OC)c3c(c1CC2C(C)(C)C)CCCN3. The van der Waals surface area contributed by atoms with Gasteiger partial charge < -0.3 is 19.8 Å². The van der Waals surface area contributed by atoms with Crippen molar-refractivity contribution in [3.63, 3.8) is 0 Å². The van der Waals surface area contributed by atoms with Crippen LogP contribution < -0.4 is 15.6 Å². The van der Waals surface area contributed by atoms with Crippen LogP contribution in [0.25, 0.3) is 11.3 Å². The lowest BCUT2D eigenvalue weighted by Gasteiger charge is -2.38. The zero-order chi connectivity index (χ0) is 20.9. The van der Waals surface area contributed by atoms with Gasteiger partial charge in [0.25, 0.3) is 5.56 Å². The number of carbonyl (C=O) groups is 1. The summed E-state index contributed by atoms with van der Waals surface area (Å²) in [7, 11) is 2.96. The molecule has 2 N–H and O–H groups in total. The first kappa shape index (κ1) is 19.6. The molecule has 0 bridgehead atoms. The highest BCUT2D eigenvalue weighted by Crippen LogP contribution is 2.50. The van der Waals surface area contributed by atoms with Gasteiger partial charge in [-0.1, -0.05) is 20.8 Å². The largest absolute Gasteiger partial charge is 0.495 e.